The fraction of sp³-hybridized carbons (Fsp3) is 0.125. The topological polar surface area (TPSA) is 23.8 Å². The Hall–Kier alpha value is 0.136. The molecule has 0 aliphatic rings. The Labute approximate surface area is 116 Å². The number of halogens is 3. The van der Waals surface area contributed by atoms with Gasteiger partial charge in [0.15, 0.2) is 0 Å². The van der Waals surface area contributed by atoms with Crippen molar-refractivity contribution >= 4 is 0 Å². The van der Waals surface area contributed by atoms with Gasteiger partial charge in [0.25, 0.3) is 0 Å². The first-order valence-electron chi connectivity index (χ1n) is 3.03. The zero-order valence-electron chi connectivity index (χ0n) is 6.81. The summed E-state index contributed by atoms with van der Waals surface area (Å²) < 4.78 is 36.2. The Morgan fingerprint density at radius 2 is 2.00 bits per heavy atom. The Morgan fingerprint density at radius 3 is 2.38 bits per heavy atom. The van der Waals surface area contributed by atoms with Crippen LogP contribution in [0.5, 0.6) is 0 Å². The summed E-state index contributed by atoms with van der Waals surface area (Å²) in [4.78, 5) is 0. The summed E-state index contributed by atoms with van der Waals surface area (Å²) in [7, 11) is 0. The van der Waals surface area contributed by atoms with Gasteiger partial charge in [0.05, 0.1) is 6.07 Å². The minimum Gasteiger partial charge on any atom is -0.195 e. The first kappa shape index (κ1) is 13.1. The predicted molar refractivity (Wildman–Crippen MR) is 35.0 cm³/mol. The molecular weight excluding hydrogens is 206 g/mol. The average molecular weight is 209 g/mol. The van der Waals surface area contributed by atoms with Crippen molar-refractivity contribution < 1.29 is 64.6 Å². The third-order valence-electron chi connectivity index (χ3n) is 1.29. The van der Waals surface area contributed by atoms with Crippen LogP contribution in [0.3, 0.4) is 0 Å². The van der Waals surface area contributed by atoms with Crippen molar-refractivity contribution in [2.75, 3.05) is 0 Å². The summed E-state index contributed by atoms with van der Waals surface area (Å²) >= 11 is 0. The third-order valence-corrected chi connectivity index (χ3v) is 1.29. The zero-order chi connectivity index (χ0) is 9.19. The van der Waals surface area contributed by atoms with Gasteiger partial charge in [-0.1, -0.05) is 0 Å². The smallest absolute Gasteiger partial charge is 0.195 e. The summed E-state index contributed by atoms with van der Waals surface area (Å²) in [5.41, 5.74) is -1.31. The molecule has 0 saturated carbocycles. The quantitative estimate of drug-likeness (QED) is 0.413. The maximum absolute atomic E-state index is 12.1. The Balaban J connectivity index is 0.00000144. The van der Waals surface area contributed by atoms with E-state index < -0.39 is 11.7 Å². The normalized spacial score (nSPS) is 10.0. The molecule has 0 unspecified atom stereocenters. The molecule has 0 aromatic heterocycles. The van der Waals surface area contributed by atoms with Crippen molar-refractivity contribution in [2.45, 2.75) is 6.18 Å². The molecule has 0 amide bonds. The second-order valence-electron chi connectivity index (χ2n) is 2.08. The van der Waals surface area contributed by atoms with Crippen LogP contribution in [0.15, 0.2) is 18.2 Å². The number of alkyl halides is 3. The van der Waals surface area contributed by atoms with Gasteiger partial charge in [-0.15, -0.1) is 0 Å². The summed E-state index contributed by atoms with van der Waals surface area (Å²) in [5, 5.41) is 8.32. The number of rotatable bonds is 0. The molecule has 0 saturated heterocycles. The maximum Gasteiger partial charge on any atom is 1.00 e. The Morgan fingerprint density at radius 1 is 1.38 bits per heavy atom. The molecule has 0 radical (unpaired) electrons. The van der Waals surface area contributed by atoms with Gasteiger partial charge in [0.1, 0.15) is 0 Å². The molecule has 1 aromatic carbocycles. The van der Waals surface area contributed by atoms with E-state index in [9.17, 15) is 13.2 Å². The van der Waals surface area contributed by atoms with E-state index >= 15 is 0 Å². The summed E-state index contributed by atoms with van der Waals surface area (Å²) in [6, 6.07) is 6.85. The maximum atomic E-state index is 12.1. The van der Waals surface area contributed by atoms with Crippen molar-refractivity contribution in [3.63, 3.8) is 0 Å². The number of benzene rings is 1. The van der Waals surface area contributed by atoms with E-state index in [1.54, 1.807) is 0 Å². The van der Waals surface area contributed by atoms with Crippen LogP contribution < -0.4 is 51.4 Å². The molecule has 1 nitrogen and oxygen atoms in total. The molecule has 0 aliphatic heterocycles. The Kier molecular flexibility index (Phi) is 5.18. The van der Waals surface area contributed by atoms with E-state index in [0.717, 1.165) is 12.1 Å². The molecule has 5 heteroatoms. The van der Waals surface area contributed by atoms with Gasteiger partial charge >= 0.3 is 57.6 Å². The first-order valence-corrected chi connectivity index (χ1v) is 3.03. The summed E-state index contributed by atoms with van der Waals surface area (Å²) in [5.74, 6) is 0. The van der Waals surface area contributed by atoms with Crippen LogP contribution >= 0.6 is 0 Å². The molecule has 1 rings (SSSR count). The molecule has 0 fully saturated rings. The second-order valence-corrected chi connectivity index (χ2v) is 2.08. The molecule has 0 aliphatic carbocycles. The molecule has 0 N–H and O–H groups in total. The van der Waals surface area contributed by atoms with Gasteiger partial charge in [-0.2, -0.15) is 42.7 Å². The zero-order valence-corrected chi connectivity index (χ0v) is 9.94. The van der Waals surface area contributed by atoms with Gasteiger partial charge in [-0.25, -0.2) is 0 Å². The molecular formula is C8H3F3KN. The molecule has 0 atom stereocenters. The fourth-order valence-corrected chi connectivity index (χ4v) is 0.762. The van der Waals surface area contributed by atoms with Crippen LogP contribution in [-0.2, 0) is 6.18 Å². The van der Waals surface area contributed by atoms with E-state index in [4.69, 9.17) is 5.26 Å². The molecule has 0 spiro atoms. The predicted octanol–water partition coefficient (Wildman–Crippen LogP) is -0.619. The Bertz CT molecular complexity index is 327. The van der Waals surface area contributed by atoms with Crippen LogP contribution in [-0.4, -0.2) is 0 Å². The molecule has 62 valence electrons. The minimum atomic E-state index is -4.47. The van der Waals surface area contributed by atoms with Crippen molar-refractivity contribution in [1.29, 1.82) is 5.26 Å². The van der Waals surface area contributed by atoms with E-state index in [2.05, 4.69) is 6.07 Å². The van der Waals surface area contributed by atoms with Crippen molar-refractivity contribution in [3.05, 3.63) is 35.4 Å². The van der Waals surface area contributed by atoms with E-state index in [1.807, 2.05) is 0 Å². The van der Waals surface area contributed by atoms with Gasteiger partial charge < -0.3 is 0 Å². The first-order chi connectivity index (χ1) is 5.55. The van der Waals surface area contributed by atoms with Gasteiger partial charge in [-0.05, 0) is 11.1 Å². The van der Waals surface area contributed by atoms with Crippen LogP contribution in [0.25, 0.3) is 0 Å². The third kappa shape index (κ3) is 3.41. The number of nitriles is 1. The number of nitrogens with zero attached hydrogens (tertiary/aromatic N) is 1. The molecule has 0 heterocycles. The standard InChI is InChI=1S/C8H3F3N.K/c9-8(10,11)7-4-2-1-3-6(7)5-12;/h1,3-4H;/q-1;+1. The summed E-state index contributed by atoms with van der Waals surface area (Å²) in [6.07, 6.45) is -4.47. The largest absolute Gasteiger partial charge is 1.00 e. The van der Waals surface area contributed by atoms with E-state index in [1.165, 1.54) is 12.1 Å². The fourth-order valence-electron chi connectivity index (χ4n) is 0.762. The van der Waals surface area contributed by atoms with Crippen molar-refractivity contribution in [1.82, 2.24) is 0 Å². The van der Waals surface area contributed by atoms with Crippen molar-refractivity contribution in [2.24, 2.45) is 0 Å². The monoisotopic (exact) mass is 209 g/mol. The van der Waals surface area contributed by atoms with Crippen LogP contribution in [0.2, 0.25) is 0 Å². The summed E-state index contributed by atoms with van der Waals surface area (Å²) in [6.45, 7) is 0. The number of hydrogen-bond donors (Lipinski definition) is 0. The van der Waals surface area contributed by atoms with Crippen molar-refractivity contribution in [3.8, 4) is 6.07 Å². The second kappa shape index (κ2) is 5.13. The molecule has 13 heavy (non-hydrogen) atoms. The molecule has 1 aromatic rings. The average Bonchev–Trinajstić information content (AvgIpc) is 2.03. The van der Waals surface area contributed by atoms with Gasteiger partial charge in [-0.3, -0.25) is 0 Å². The minimum absolute atomic E-state index is 0. The van der Waals surface area contributed by atoms with Crippen LogP contribution in [0, 0.1) is 17.4 Å². The van der Waals surface area contributed by atoms with E-state index in [-0.39, 0.29) is 56.9 Å². The number of hydrogen-bond acceptors (Lipinski definition) is 1. The van der Waals surface area contributed by atoms with Crippen LogP contribution in [0.1, 0.15) is 11.1 Å². The van der Waals surface area contributed by atoms with E-state index in [0.29, 0.717) is 0 Å². The van der Waals surface area contributed by atoms with Crippen LogP contribution in [0.4, 0.5) is 13.2 Å². The van der Waals surface area contributed by atoms with Gasteiger partial charge in [0, 0.05) is 0 Å². The SMILES string of the molecule is N#Cc1cc[c-]cc1C(F)(F)F.[K+]. The molecule has 0 bridgehead atoms. The van der Waals surface area contributed by atoms with Gasteiger partial charge in [0.2, 0.25) is 0 Å².